The predicted octanol–water partition coefficient (Wildman–Crippen LogP) is 3.15. The standard InChI is InChI=1S/C17H17N3O4/c1-2-11-24-16-10-6-4-8-14(16)17(21)19-18-12-13-7-3-5-9-15(13)20(22)23/h3-10,12H,2,11H2,1H3,(H,19,21)/b18-12+. The van der Waals surface area contributed by atoms with E-state index < -0.39 is 10.8 Å². The van der Waals surface area contributed by atoms with Gasteiger partial charge in [0, 0.05) is 6.07 Å². The minimum atomic E-state index is -0.503. The van der Waals surface area contributed by atoms with Crippen LogP contribution < -0.4 is 10.2 Å². The maximum Gasteiger partial charge on any atom is 0.278 e. The molecule has 124 valence electrons. The number of rotatable bonds is 7. The van der Waals surface area contributed by atoms with Crippen molar-refractivity contribution in [1.82, 2.24) is 5.43 Å². The first-order valence-corrected chi connectivity index (χ1v) is 7.42. The first-order chi connectivity index (χ1) is 11.6. The van der Waals surface area contributed by atoms with Crippen LogP contribution in [-0.2, 0) is 0 Å². The monoisotopic (exact) mass is 327 g/mol. The molecule has 0 fully saturated rings. The van der Waals surface area contributed by atoms with E-state index in [0.717, 1.165) is 6.42 Å². The van der Waals surface area contributed by atoms with Crippen molar-refractivity contribution < 1.29 is 14.5 Å². The Hall–Kier alpha value is -3.22. The number of benzene rings is 2. The number of amides is 1. The number of hydrazone groups is 1. The van der Waals surface area contributed by atoms with E-state index in [1.807, 2.05) is 6.92 Å². The number of hydrogen-bond acceptors (Lipinski definition) is 5. The van der Waals surface area contributed by atoms with Gasteiger partial charge < -0.3 is 4.74 Å². The third-order valence-corrected chi connectivity index (χ3v) is 3.10. The third kappa shape index (κ3) is 4.39. The quantitative estimate of drug-likeness (QED) is 0.480. The lowest BCUT2D eigenvalue weighted by Gasteiger charge is -2.09. The smallest absolute Gasteiger partial charge is 0.278 e. The molecule has 7 nitrogen and oxygen atoms in total. The molecule has 7 heteroatoms. The molecule has 0 bridgehead atoms. The molecule has 0 aliphatic carbocycles. The number of para-hydroxylation sites is 2. The molecule has 0 aliphatic heterocycles. The number of nitrogens with zero attached hydrogens (tertiary/aromatic N) is 2. The Kier molecular flexibility index (Phi) is 6.01. The molecule has 2 aromatic carbocycles. The number of ether oxygens (including phenoxy) is 1. The number of nitro benzene ring substituents is 1. The SMILES string of the molecule is CCCOc1ccccc1C(=O)N/N=C/c1ccccc1[N+](=O)[O-]. The summed E-state index contributed by atoms with van der Waals surface area (Å²) in [7, 11) is 0. The van der Waals surface area contributed by atoms with E-state index in [1.165, 1.54) is 12.3 Å². The van der Waals surface area contributed by atoms with Gasteiger partial charge in [-0.05, 0) is 24.6 Å². The molecule has 0 radical (unpaired) electrons. The highest BCUT2D eigenvalue weighted by Gasteiger charge is 2.12. The molecule has 0 atom stereocenters. The molecule has 0 spiro atoms. The Morgan fingerprint density at radius 2 is 1.96 bits per heavy atom. The van der Waals surface area contributed by atoms with Crippen molar-refractivity contribution in [2.24, 2.45) is 5.10 Å². The number of carbonyl (C=O) groups excluding carboxylic acids is 1. The van der Waals surface area contributed by atoms with Gasteiger partial charge in [0.25, 0.3) is 11.6 Å². The van der Waals surface area contributed by atoms with Gasteiger partial charge in [0.05, 0.1) is 28.9 Å². The van der Waals surface area contributed by atoms with Gasteiger partial charge in [0.1, 0.15) is 5.75 Å². The second-order valence-corrected chi connectivity index (χ2v) is 4.86. The molecule has 24 heavy (non-hydrogen) atoms. The van der Waals surface area contributed by atoms with Crippen LogP contribution in [0.5, 0.6) is 5.75 Å². The highest BCUT2D eigenvalue weighted by molar-refractivity contribution is 5.97. The van der Waals surface area contributed by atoms with E-state index in [0.29, 0.717) is 23.5 Å². The second-order valence-electron chi connectivity index (χ2n) is 4.86. The normalized spacial score (nSPS) is 10.5. The molecule has 0 aromatic heterocycles. The number of carbonyl (C=O) groups is 1. The minimum Gasteiger partial charge on any atom is -0.493 e. The van der Waals surface area contributed by atoms with Crippen molar-refractivity contribution in [1.29, 1.82) is 0 Å². The molecule has 2 rings (SSSR count). The van der Waals surface area contributed by atoms with Gasteiger partial charge in [0.2, 0.25) is 0 Å². The predicted molar refractivity (Wildman–Crippen MR) is 90.4 cm³/mol. The zero-order chi connectivity index (χ0) is 17.4. The zero-order valence-corrected chi connectivity index (χ0v) is 13.1. The molecule has 0 heterocycles. The van der Waals surface area contributed by atoms with Crippen molar-refractivity contribution in [3.05, 3.63) is 69.8 Å². The van der Waals surface area contributed by atoms with Crippen LogP contribution in [0.15, 0.2) is 53.6 Å². The minimum absolute atomic E-state index is 0.0813. The van der Waals surface area contributed by atoms with Crippen LogP contribution >= 0.6 is 0 Å². The van der Waals surface area contributed by atoms with Gasteiger partial charge in [0.15, 0.2) is 0 Å². The van der Waals surface area contributed by atoms with Crippen LogP contribution in [0.25, 0.3) is 0 Å². The van der Waals surface area contributed by atoms with E-state index in [9.17, 15) is 14.9 Å². The van der Waals surface area contributed by atoms with Crippen LogP contribution in [0, 0.1) is 10.1 Å². The first-order valence-electron chi connectivity index (χ1n) is 7.42. The lowest BCUT2D eigenvalue weighted by molar-refractivity contribution is -0.385. The number of hydrogen-bond donors (Lipinski definition) is 1. The average molecular weight is 327 g/mol. The highest BCUT2D eigenvalue weighted by atomic mass is 16.6. The van der Waals surface area contributed by atoms with Crippen LogP contribution in [0.1, 0.15) is 29.3 Å². The fourth-order valence-corrected chi connectivity index (χ4v) is 1.98. The summed E-state index contributed by atoms with van der Waals surface area (Å²) in [6.45, 7) is 2.48. The van der Waals surface area contributed by atoms with E-state index in [2.05, 4.69) is 10.5 Å². The van der Waals surface area contributed by atoms with Crippen molar-refractivity contribution in [3.8, 4) is 5.75 Å². The summed E-state index contributed by atoms with van der Waals surface area (Å²) in [5, 5.41) is 14.7. The molecule has 0 saturated carbocycles. The van der Waals surface area contributed by atoms with Gasteiger partial charge in [-0.1, -0.05) is 31.2 Å². The van der Waals surface area contributed by atoms with E-state index in [4.69, 9.17) is 4.74 Å². The van der Waals surface area contributed by atoms with Crippen LogP contribution in [0.2, 0.25) is 0 Å². The van der Waals surface area contributed by atoms with Crippen molar-refractivity contribution in [3.63, 3.8) is 0 Å². The van der Waals surface area contributed by atoms with Gasteiger partial charge in [-0.2, -0.15) is 5.10 Å². The Balaban J connectivity index is 2.10. The largest absolute Gasteiger partial charge is 0.493 e. The summed E-state index contributed by atoms with van der Waals surface area (Å²) >= 11 is 0. The summed E-state index contributed by atoms with van der Waals surface area (Å²) in [5.41, 5.74) is 2.93. The molecule has 0 aliphatic rings. The maximum absolute atomic E-state index is 12.2. The maximum atomic E-state index is 12.2. The molecular formula is C17H17N3O4. The summed E-state index contributed by atoms with van der Waals surface area (Å²) < 4.78 is 5.52. The van der Waals surface area contributed by atoms with Crippen LogP contribution in [0.4, 0.5) is 5.69 Å². The van der Waals surface area contributed by atoms with Crippen molar-refractivity contribution in [2.75, 3.05) is 6.61 Å². The zero-order valence-electron chi connectivity index (χ0n) is 13.1. The summed E-state index contributed by atoms with van der Waals surface area (Å²) in [6.07, 6.45) is 2.07. The molecular weight excluding hydrogens is 310 g/mol. The fourth-order valence-electron chi connectivity index (χ4n) is 1.98. The van der Waals surface area contributed by atoms with Crippen molar-refractivity contribution >= 4 is 17.8 Å². The van der Waals surface area contributed by atoms with Crippen molar-refractivity contribution in [2.45, 2.75) is 13.3 Å². The lowest BCUT2D eigenvalue weighted by atomic mass is 10.2. The Morgan fingerprint density at radius 1 is 1.25 bits per heavy atom. The number of nitrogens with one attached hydrogen (secondary N) is 1. The second kappa shape index (κ2) is 8.42. The average Bonchev–Trinajstić information content (AvgIpc) is 2.60. The molecule has 1 N–H and O–H groups in total. The molecule has 2 aromatic rings. The molecule has 0 saturated heterocycles. The van der Waals surface area contributed by atoms with Gasteiger partial charge >= 0.3 is 0 Å². The van der Waals surface area contributed by atoms with Crippen LogP contribution in [-0.4, -0.2) is 23.7 Å². The fraction of sp³-hybridized carbons (Fsp3) is 0.176. The summed E-state index contributed by atoms with van der Waals surface area (Å²) in [6, 6.07) is 13.0. The van der Waals surface area contributed by atoms with Crippen LogP contribution in [0.3, 0.4) is 0 Å². The van der Waals surface area contributed by atoms with Gasteiger partial charge in [-0.25, -0.2) is 5.43 Å². The van der Waals surface area contributed by atoms with E-state index in [-0.39, 0.29) is 5.69 Å². The van der Waals surface area contributed by atoms with E-state index in [1.54, 1.807) is 42.5 Å². The van der Waals surface area contributed by atoms with Gasteiger partial charge in [-0.15, -0.1) is 0 Å². The molecule has 1 amide bonds. The Morgan fingerprint density at radius 3 is 2.71 bits per heavy atom. The topological polar surface area (TPSA) is 93.8 Å². The van der Waals surface area contributed by atoms with E-state index >= 15 is 0 Å². The summed E-state index contributed by atoms with van der Waals surface area (Å²) in [5.74, 6) is 0.0225. The highest BCUT2D eigenvalue weighted by Crippen LogP contribution is 2.18. The Labute approximate surface area is 139 Å². The number of nitro groups is 1. The molecule has 0 unspecified atom stereocenters. The Bertz CT molecular complexity index is 759. The summed E-state index contributed by atoms with van der Waals surface area (Å²) in [4.78, 5) is 22.6. The van der Waals surface area contributed by atoms with Gasteiger partial charge in [-0.3, -0.25) is 14.9 Å². The lowest BCUT2D eigenvalue weighted by Crippen LogP contribution is -2.19. The third-order valence-electron chi connectivity index (χ3n) is 3.10. The first kappa shape index (κ1) is 17.1.